The van der Waals surface area contributed by atoms with Gasteiger partial charge in [-0.3, -0.25) is 9.59 Å². The van der Waals surface area contributed by atoms with Gasteiger partial charge < -0.3 is 20.7 Å². The third-order valence-electron chi connectivity index (χ3n) is 3.55. The van der Waals surface area contributed by atoms with Crippen molar-refractivity contribution in [1.29, 1.82) is 0 Å². The standard InChI is InChI=1S/C17H25N3O3.ClH/c1-12(2)10-19-17(22)14-5-3-4-6-15(14)20-16(21)9-13-11-23-8-7-18-13;/h3-6,12-13,18H,7-11H2,1-2H3,(H,19,22)(H,20,21);1H. The van der Waals surface area contributed by atoms with Gasteiger partial charge in [0.2, 0.25) is 5.91 Å². The van der Waals surface area contributed by atoms with Gasteiger partial charge in [0.1, 0.15) is 0 Å². The zero-order valence-electron chi connectivity index (χ0n) is 14.1. The molecule has 1 aliphatic rings. The summed E-state index contributed by atoms with van der Waals surface area (Å²) in [6.45, 7) is 6.64. The highest BCUT2D eigenvalue weighted by Crippen LogP contribution is 2.16. The van der Waals surface area contributed by atoms with Crippen LogP contribution in [0.15, 0.2) is 24.3 Å². The van der Waals surface area contributed by atoms with E-state index in [0.29, 0.717) is 43.3 Å². The Labute approximate surface area is 149 Å². The Hall–Kier alpha value is -1.63. The largest absolute Gasteiger partial charge is 0.378 e. The molecule has 1 aromatic rings. The minimum absolute atomic E-state index is 0. The van der Waals surface area contributed by atoms with E-state index in [9.17, 15) is 9.59 Å². The van der Waals surface area contributed by atoms with Crippen LogP contribution in [0, 0.1) is 5.92 Å². The lowest BCUT2D eigenvalue weighted by atomic mass is 10.1. The molecule has 6 nitrogen and oxygen atoms in total. The minimum atomic E-state index is -0.172. The SMILES string of the molecule is CC(C)CNC(=O)c1ccccc1NC(=O)CC1COCCN1.Cl. The molecule has 24 heavy (non-hydrogen) atoms. The fourth-order valence-corrected chi connectivity index (χ4v) is 2.36. The average molecular weight is 356 g/mol. The van der Waals surface area contributed by atoms with Crippen molar-refractivity contribution in [3.8, 4) is 0 Å². The zero-order chi connectivity index (χ0) is 16.7. The van der Waals surface area contributed by atoms with Gasteiger partial charge in [0.15, 0.2) is 0 Å². The molecular formula is C17H26ClN3O3. The molecule has 1 aliphatic heterocycles. The first-order valence-electron chi connectivity index (χ1n) is 8.04. The van der Waals surface area contributed by atoms with E-state index in [1.807, 2.05) is 13.8 Å². The molecule has 1 saturated heterocycles. The molecule has 2 amide bonds. The summed E-state index contributed by atoms with van der Waals surface area (Å²) in [6.07, 6.45) is 0.321. The lowest BCUT2D eigenvalue weighted by Crippen LogP contribution is -2.43. The number of hydrogen-bond donors (Lipinski definition) is 3. The number of ether oxygens (including phenoxy) is 1. The number of halogens is 1. The van der Waals surface area contributed by atoms with Crippen LogP contribution in [0.4, 0.5) is 5.69 Å². The van der Waals surface area contributed by atoms with Gasteiger partial charge in [-0.1, -0.05) is 26.0 Å². The molecule has 0 radical (unpaired) electrons. The van der Waals surface area contributed by atoms with Crippen LogP contribution in [0.3, 0.4) is 0 Å². The molecule has 7 heteroatoms. The van der Waals surface area contributed by atoms with Crippen molar-refractivity contribution in [1.82, 2.24) is 10.6 Å². The summed E-state index contributed by atoms with van der Waals surface area (Å²) in [7, 11) is 0. The highest BCUT2D eigenvalue weighted by Gasteiger charge is 2.18. The van der Waals surface area contributed by atoms with Gasteiger partial charge in [-0.2, -0.15) is 0 Å². The first kappa shape index (κ1) is 20.4. The summed E-state index contributed by atoms with van der Waals surface area (Å²) in [6, 6.07) is 7.07. The molecule has 2 rings (SSSR count). The summed E-state index contributed by atoms with van der Waals surface area (Å²) in [5.74, 6) is 0.0731. The maximum atomic E-state index is 12.2. The second kappa shape index (κ2) is 10.3. The van der Waals surface area contributed by atoms with Gasteiger partial charge in [-0.15, -0.1) is 12.4 Å². The molecule has 1 aromatic carbocycles. The lowest BCUT2D eigenvalue weighted by Gasteiger charge is -2.23. The van der Waals surface area contributed by atoms with Crippen molar-refractivity contribution < 1.29 is 14.3 Å². The number of morpholine rings is 1. The molecule has 1 heterocycles. The van der Waals surface area contributed by atoms with E-state index < -0.39 is 0 Å². The lowest BCUT2D eigenvalue weighted by molar-refractivity contribution is -0.117. The summed E-state index contributed by atoms with van der Waals surface area (Å²) < 4.78 is 5.34. The number of anilines is 1. The average Bonchev–Trinajstić information content (AvgIpc) is 2.54. The van der Waals surface area contributed by atoms with Crippen molar-refractivity contribution >= 4 is 29.9 Å². The van der Waals surface area contributed by atoms with E-state index in [4.69, 9.17) is 4.74 Å². The van der Waals surface area contributed by atoms with E-state index in [-0.39, 0.29) is 30.3 Å². The summed E-state index contributed by atoms with van der Waals surface area (Å²) >= 11 is 0. The van der Waals surface area contributed by atoms with Crippen LogP contribution >= 0.6 is 12.4 Å². The van der Waals surface area contributed by atoms with E-state index in [2.05, 4.69) is 16.0 Å². The Balaban J connectivity index is 0.00000288. The Morgan fingerprint density at radius 2 is 2.08 bits per heavy atom. The monoisotopic (exact) mass is 355 g/mol. The highest BCUT2D eigenvalue weighted by atomic mass is 35.5. The Morgan fingerprint density at radius 3 is 2.75 bits per heavy atom. The summed E-state index contributed by atoms with van der Waals surface area (Å²) in [4.78, 5) is 24.4. The second-order valence-electron chi connectivity index (χ2n) is 6.13. The number of carbonyl (C=O) groups excluding carboxylic acids is 2. The molecule has 0 spiro atoms. The predicted molar refractivity (Wildman–Crippen MR) is 96.7 cm³/mol. The number of para-hydroxylation sites is 1. The first-order chi connectivity index (χ1) is 11.1. The topological polar surface area (TPSA) is 79.5 Å². The first-order valence-corrected chi connectivity index (χ1v) is 8.04. The molecule has 0 bridgehead atoms. The van der Waals surface area contributed by atoms with Crippen LogP contribution in [0.5, 0.6) is 0 Å². The van der Waals surface area contributed by atoms with Crippen molar-refractivity contribution in [2.45, 2.75) is 26.3 Å². The molecule has 0 aromatic heterocycles. The quantitative estimate of drug-likeness (QED) is 0.727. The van der Waals surface area contributed by atoms with Crippen molar-refractivity contribution in [3.63, 3.8) is 0 Å². The third-order valence-corrected chi connectivity index (χ3v) is 3.55. The molecular weight excluding hydrogens is 330 g/mol. The van der Waals surface area contributed by atoms with E-state index in [1.54, 1.807) is 24.3 Å². The summed E-state index contributed by atoms with van der Waals surface area (Å²) in [5.41, 5.74) is 1.02. The molecule has 1 atom stereocenters. The van der Waals surface area contributed by atoms with Crippen molar-refractivity contribution in [2.75, 3.05) is 31.6 Å². The predicted octanol–water partition coefficient (Wildman–Crippen LogP) is 1.81. The zero-order valence-corrected chi connectivity index (χ0v) is 14.9. The van der Waals surface area contributed by atoms with Crippen LogP contribution in [0.25, 0.3) is 0 Å². The second-order valence-corrected chi connectivity index (χ2v) is 6.13. The van der Waals surface area contributed by atoms with Gasteiger partial charge in [0, 0.05) is 25.6 Å². The fourth-order valence-electron chi connectivity index (χ4n) is 2.36. The number of nitrogens with one attached hydrogen (secondary N) is 3. The smallest absolute Gasteiger partial charge is 0.253 e. The van der Waals surface area contributed by atoms with Gasteiger partial charge in [0.05, 0.1) is 24.5 Å². The Bertz CT molecular complexity index is 546. The fraction of sp³-hybridized carbons (Fsp3) is 0.529. The molecule has 1 unspecified atom stereocenters. The normalized spacial score (nSPS) is 17.0. The van der Waals surface area contributed by atoms with Crippen molar-refractivity contribution in [3.05, 3.63) is 29.8 Å². The third kappa shape index (κ3) is 6.47. The Morgan fingerprint density at radius 1 is 1.33 bits per heavy atom. The minimum Gasteiger partial charge on any atom is -0.378 e. The van der Waals surface area contributed by atoms with E-state index >= 15 is 0 Å². The highest BCUT2D eigenvalue weighted by molar-refractivity contribution is 6.03. The van der Waals surface area contributed by atoms with Gasteiger partial charge in [-0.05, 0) is 18.1 Å². The van der Waals surface area contributed by atoms with Gasteiger partial charge in [-0.25, -0.2) is 0 Å². The van der Waals surface area contributed by atoms with Crippen LogP contribution in [-0.4, -0.2) is 44.2 Å². The maximum Gasteiger partial charge on any atom is 0.253 e. The molecule has 0 saturated carbocycles. The number of carbonyl (C=O) groups is 2. The van der Waals surface area contributed by atoms with Crippen LogP contribution in [0.2, 0.25) is 0 Å². The molecule has 3 N–H and O–H groups in total. The Kier molecular flexibility index (Phi) is 8.74. The van der Waals surface area contributed by atoms with E-state index in [0.717, 1.165) is 6.54 Å². The number of hydrogen-bond acceptors (Lipinski definition) is 4. The molecule has 134 valence electrons. The van der Waals surface area contributed by atoms with Gasteiger partial charge >= 0.3 is 0 Å². The number of rotatable bonds is 6. The summed E-state index contributed by atoms with van der Waals surface area (Å²) in [5, 5.41) is 8.94. The van der Waals surface area contributed by atoms with Crippen molar-refractivity contribution in [2.24, 2.45) is 5.92 Å². The molecule has 0 aliphatic carbocycles. The van der Waals surface area contributed by atoms with Crippen LogP contribution < -0.4 is 16.0 Å². The maximum absolute atomic E-state index is 12.2. The van der Waals surface area contributed by atoms with Crippen LogP contribution in [0.1, 0.15) is 30.6 Å². The van der Waals surface area contributed by atoms with Crippen LogP contribution in [-0.2, 0) is 9.53 Å². The number of benzene rings is 1. The molecule has 1 fully saturated rings. The number of amides is 2. The van der Waals surface area contributed by atoms with Gasteiger partial charge in [0.25, 0.3) is 5.91 Å². The van der Waals surface area contributed by atoms with E-state index in [1.165, 1.54) is 0 Å².